The van der Waals surface area contributed by atoms with Crippen molar-refractivity contribution in [2.45, 2.75) is 31.2 Å². The second-order valence-corrected chi connectivity index (χ2v) is 9.66. The van der Waals surface area contributed by atoms with E-state index in [1.165, 1.54) is 20.2 Å². The van der Waals surface area contributed by atoms with E-state index >= 15 is 0 Å². The number of nitrogens with zero attached hydrogens (tertiary/aromatic N) is 3. The summed E-state index contributed by atoms with van der Waals surface area (Å²) in [6, 6.07) is 9.53. The summed E-state index contributed by atoms with van der Waals surface area (Å²) in [5, 5.41) is 3.21. The molecule has 1 aliphatic rings. The topological polar surface area (TPSA) is 101 Å². The quantitative estimate of drug-likeness (QED) is 0.689. The average Bonchev–Trinajstić information content (AvgIpc) is 3.17. The monoisotopic (exact) mass is 426 g/mol. The maximum absolute atomic E-state index is 12.8. The molecule has 0 atom stereocenters. The van der Waals surface area contributed by atoms with Crippen LogP contribution in [0.2, 0.25) is 0 Å². The molecule has 9 heteroatoms. The van der Waals surface area contributed by atoms with Gasteiger partial charge in [-0.3, -0.25) is 14.2 Å². The minimum Gasteiger partial charge on any atom is -0.322 e. The normalized spacial score (nSPS) is 13.6. The van der Waals surface area contributed by atoms with Crippen LogP contribution in [0.25, 0.3) is 10.9 Å². The molecule has 1 aromatic heterocycles. The van der Waals surface area contributed by atoms with Crippen LogP contribution in [0.15, 0.2) is 46.1 Å². The number of fused-ring (bicyclic) bond motifs is 2. The van der Waals surface area contributed by atoms with Gasteiger partial charge in [-0.1, -0.05) is 6.07 Å². The molecule has 0 saturated heterocycles. The molecule has 0 aliphatic carbocycles. The maximum Gasteiger partial charge on any atom is 0.261 e. The molecule has 0 unspecified atom stereocenters. The van der Waals surface area contributed by atoms with Crippen molar-refractivity contribution < 1.29 is 13.2 Å². The smallest absolute Gasteiger partial charge is 0.261 e. The zero-order valence-corrected chi connectivity index (χ0v) is 17.8. The first-order valence-electron chi connectivity index (χ1n) is 9.56. The first-order valence-corrected chi connectivity index (χ1v) is 11.0. The van der Waals surface area contributed by atoms with Crippen LogP contribution >= 0.6 is 0 Å². The van der Waals surface area contributed by atoms with Gasteiger partial charge in [0, 0.05) is 38.3 Å². The Morgan fingerprint density at radius 3 is 2.67 bits per heavy atom. The standard InChI is InChI=1S/C21H22N4O4S/c1-13-6-8-15(12-18(13)30(28,29)24(2)3)22-20(26)14-7-9-16-17(11-14)23-19-5-4-10-25(19)21(16)27/h6-9,11-12H,4-5,10H2,1-3H3,(H,22,26). The number of aromatic nitrogens is 2. The first-order chi connectivity index (χ1) is 14.2. The summed E-state index contributed by atoms with van der Waals surface area (Å²) in [5.74, 6) is 0.332. The van der Waals surface area contributed by atoms with Gasteiger partial charge in [-0.2, -0.15) is 0 Å². The van der Waals surface area contributed by atoms with Crippen molar-refractivity contribution in [3.63, 3.8) is 0 Å². The van der Waals surface area contributed by atoms with E-state index in [-0.39, 0.29) is 10.5 Å². The third-order valence-electron chi connectivity index (χ3n) is 5.28. The number of amides is 1. The largest absolute Gasteiger partial charge is 0.322 e. The average molecular weight is 426 g/mol. The van der Waals surface area contributed by atoms with Gasteiger partial charge in [0.15, 0.2) is 0 Å². The van der Waals surface area contributed by atoms with Crippen LogP contribution in [-0.4, -0.2) is 42.3 Å². The molecule has 2 aromatic carbocycles. The Labute approximate surface area is 174 Å². The highest BCUT2D eigenvalue weighted by molar-refractivity contribution is 7.89. The Hall–Kier alpha value is -3.04. The number of aryl methyl sites for hydroxylation is 2. The molecule has 0 fully saturated rings. The molecule has 8 nitrogen and oxygen atoms in total. The van der Waals surface area contributed by atoms with Crippen molar-refractivity contribution in [3.8, 4) is 0 Å². The van der Waals surface area contributed by atoms with Gasteiger partial charge in [0.25, 0.3) is 11.5 Å². The molecule has 0 spiro atoms. The van der Waals surface area contributed by atoms with E-state index in [1.807, 2.05) is 0 Å². The fourth-order valence-corrected chi connectivity index (χ4v) is 4.72. The second kappa shape index (κ2) is 7.33. The number of anilines is 1. The number of carbonyl (C=O) groups excluding carboxylic acids is 1. The van der Waals surface area contributed by atoms with Crippen molar-refractivity contribution >= 4 is 32.5 Å². The van der Waals surface area contributed by atoms with E-state index in [9.17, 15) is 18.0 Å². The van der Waals surface area contributed by atoms with E-state index in [1.54, 1.807) is 41.8 Å². The number of sulfonamides is 1. The van der Waals surface area contributed by atoms with E-state index in [4.69, 9.17) is 0 Å². The lowest BCUT2D eigenvalue weighted by atomic mass is 10.1. The summed E-state index contributed by atoms with van der Waals surface area (Å²) in [4.78, 5) is 30.0. The van der Waals surface area contributed by atoms with Crippen molar-refractivity contribution in [1.82, 2.24) is 13.9 Å². The Bertz CT molecular complexity index is 1340. The van der Waals surface area contributed by atoms with Gasteiger partial charge in [0.05, 0.1) is 15.8 Å². The predicted octanol–water partition coefficient (Wildman–Crippen LogP) is 2.15. The predicted molar refractivity (Wildman–Crippen MR) is 114 cm³/mol. The number of benzene rings is 2. The van der Waals surface area contributed by atoms with Gasteiger partial charge in [0.1, 0.15) is 5.82 Å². The van der Waals surface area contributed by atoms with Gasteiger partial charge >= 0.3 is 0 Å². The highest BCUT2D eigenvalue weighted by Crippen LogP contribution is 2.23. The maximum atomic E-state index is 12.8. The van der Waals surface area contributed by atoms with Gasteiger partial charge < -0.3 is 5.32 Å². The summed E-state index contributed by atoms with van der Waals surface area (Å²) in [5.41, 5.74) is 1.70. The van der Waals surface area contributed by atoms with Crippen LogP contribution in [0.4, 0.5) is 5.69 Å². The Morgan fingerprint density at radius 1 is 1.17 bits per heavy atom. The van der Waals surface area contributed by atoms with Gasteiger partial charge in [-0.15, -0.1) is 0 Å². The molecule has 1 amide bonds. The van der Waals surface area contributed by atoms with Crippen LogP contribution in [0.1, 0.15) is 28.2 Å². The molecule has 0 bridgehead atoms. The van der Waals surface area contributed by atoms with E-state index in [2.05, 4.69) is 10.3 Å². The second-order valence-electron chi connectivity index (χ2n) is 7.54. The van der Waals surface area contributed by atoms with Crippen LogP contribution in [0.5, 0.6) is 0 Å². The highest BCUT2D eigenvalue weighted by Gasteiger charge is 2.21. The van der Waals surface area contributed by atoms with E-state index in [0.29, 0.717) is 34.3 Å². The lowest BCUT2D eigenvalue weighted by molar-refractivity contribution is 0.102. The molecule has 156 valence electrons. The van der Waals surface area contributed by atoms with Crippen LogP contribution in [-0.2, 0) is 23.0 Å². The van der Waals surface area contributed by atoms with Crippen LogP contribution < -0.4 is 10.9 Å². The molecular weight excluding hydrogens is 404 g/mol. The summed E-state index contributed by atoms with van der Waals surface area (Å²) >= 11 is 0. The molecule has 1 aliphatic heterocycles. The lowest BCUT2D eigenvalue weighted by Gasteiger charge is -2.15. The van der Waals surface area contributed by atoms with Gasteiger partial charge in [-0.25, -0.2) is 17.7 Å². The Morgan fingerprint density at radius 2 is 1.93 bits per heavy atom. The van der Waals surface area contributed by atoms with Crippen LogP contribution in [0, 0.1) is 6.92 Å². The summed E-state index contributed by atoms with van der Waals surface area (Å²) < 4.78 is 27.8. The number of hydrogen-bond donors (Lipinski definition) is 1. The number of nitrogens with one attached hydrogen (secondary N) is 1. The molecule has 1 N–H and O–H groups in total. The van der Waals surface area contributed by atoms with Crippen LogP contribution in [0.3, 0.4) is 0 Å². The third kappa shape index (κ3) is 3.40. The van der Waals surface area contributed by atoms with Crippen molar-refractivity contribution in [3.05, 3.63) is 63.7 Å². The zero-order valence-electron chi connectivity index (χ0n) is 17.0. The van der Waals surface area contributed by atoms with Crippen molar-refractivity contribution in [2.24, 2.45) is 0 Å². The fourth-order valence-electron chi connectivity index (χ4n) is 3.58. The number of carbonyl (C=O) groups is 1. The Kier molecular flexibility index (Phi) is 4.95. The molecular formula is C21H22N4O4S. The SMILES string of the molecule is Cc1ccc(NC(=O)c2ccc3c(=O)n4c(nc3c2)CCC4)cc1S(=O)(=O)N(C)C. The fraction of sp³-hybridized carbons (Fsp3) is 0.286. The molecule has 4 rings (SSSR count). The van der Waals surface area contributed by atoms with Gasteiger partial charge in [-0.05, 0) is 49.2 Å². The van der Waals surface area contributed by atoms with E-state index in [0.717, 1.165) is 23.0 Å². The summed E-state index contributed by atoms with van der Waals surface area (Å²) in [7, 11) is -0.715. The molecule has 30 heavy (non-hydrogen) atoms. The van der Waals surface area contributed by atoms with Crippen molar-refractivity contribution in [1.29, 1.82) is 0 Å². The third-order valence-corrected chi connectivity index (χ3v) is 7.24. The number of hydrogen-bond acceptors (Lipinski definition) is 5. The zero-order chi connectivity index (χ0) is 21.6. The molecule has 2 heterocycles. The van der Waals surface area contributed by atoms with Crippen molar-refractivity contribution in [2.75, 3.05) is 19.4 Å². The summed E-state index contributed by atoms with van der Waals surface area (Å²) in [6.07, 6.45) is 1.63. The first kappa shape index (κ1) is 20.2. The number of rotatable bonds is 4. The lowest BCUT2D eigenvalue weighted by Crippen LogP contribution is -2.23. The summed E-state index contributed by atoms with van der Waals surface area (Å²) in [6.45, 7) is 2.37. The van der Waals surface area contributed by atoms with Gasteiger partial charge in [0.2, 0.25) is 10.0 Å². The molecule has 0 saturated carbocycles. The van der Waals surface area contributed by atoms with E-state index < -0.39 is 15.9 Å². The molecule has 0 radical (unpaired) electrons. The Balaban J connectivity index is 1.67. The minimum atomic E-state index is -3.63. The minimum absolute atomic E-state index is 0.0865. The molecule has 3 aromatic rings. The highest BCUT2D eigenvalue weighted by atomic mass is 32.2.